The monoisotopic (exact) mass is 468 g/mol. The normalized spacial score (nSPS) is 15.5. The Balaban J connectivity index is 1.19. The van der Waals surface area contributed by atoms with E-state index in [2.05, 4.69) is 33.1 Å². The van der Waals surface area contributed by atoms with Gasteiger partial charge in [0.1, 0.15) is 10.7 Å². The van der Waals surface area contributed by atoms with Crippen LogP contribution in [0.15, 0.2) is 29.1 Å². The minimum atomic E-state index is -0.0352. The average Bonchev–Trinajstić information content (AvgIpc) is 3.51. The van der Waals surface area contributed by atoms with Crippen LogP contribution in [0, 0.1) is 0 Å². The lowest BCUT2D eigenvalue weighted by Crippen LogP contribution is -2.29. The molecule has 0 bridgehead atoms. The van der Waals surface area contributed by atoms with Gasteiger partial charge in [0.2, 0.25) is 5.91 Å². The maximum Gasteiger partial charge on any atom is 0.259 e. The molecule has 6 nitrogen and oxygen atoms in total. The van der Waals surface area contributed by atoms with Gasteiger partial charge in [-0.15, -0.1) is 23.1 Å². The van der Waals surface area contributed by atoms with E-state index in [1.807, 2.05) is 13.1 Å². The summed E-state index contributed by atoms with van der Waals surface area (Å²) in [6.45, 7) is 2.79. The Bertz CT molecular complexity index is 1200. The molecule has 3 aromatic rings. The zero-order valence-electron chi connectivity index (χ0n) is 18.4. The summed E-state index contributed by atoms with van der Waals surface area (Å²) in [5.41, 5.74) is 3.60. The number of hydrogen-bond acceptors (Lipinski definition) is 6. The van der Waals surface area contributed by atoms with Crippen LogP contribution < -0.4 is 10.5 Å². The number of carbonyl (C=O) groups is 1. The fourth-order valence-electron chi connectivity index (χ4n) is 4.72. The van der Waals surface area contributed by atoms with Crippen molar-refractivity contribution in [2.24, 2.45) is 0 Å². The third-order valence-electron chi connectivity index (χ3n) is 6.36. The maximum atomic E-state index is 12.7. The lowest BCUT2D eigenvalue weighted by atomic mass is 10.1. The van der Waals surface area contributed by atoms with Gasteiger partial charge in [-0.05, 0) is 49.3 Å². The zero-order chi connectivity index (χ0) is 22.1. The molecular formula is C24H28N4O2S2. The molecule has 1 saturated heterocycles. The molecule has 0 radical (unpaired) electrons. The lowest BCUT2D eigenvalue weighted by molar-refractivity contribution is -0.127. The molecule has 1 aromatic carbocycles. The highest BCUT2D eigenvalue weighted by Crippen LogP contribution is 2.34. The maximum absolute atomic E-state index is 12.7. The number of para-hydroxylation sites is 1. The number of amides is 1. The Morgan fingerprint density at radius 1 is 1.22 bits per heavy atom. The Kier molecular flexibility index (Phi) is 6.24. The van der Waals surface area contributed by atoms with Crippen molar-refractivity contribution in [1.82, 2.24) is 14.9 Å². The van der Waals surface area contributed by atoms with Gasteiger partial charge in [-0.25, -0.2) is 4.98 Å². The fraction of sp³-hybridized carbons (Fsp3) is 0.458. The van der Waals surface area contributed by atoms with Gasteiger partial charge in [0, 0.05) is 37.2 Å². The number of fused-ring (bicyclic) bond motifs is 3. The molecule has 0 atom stereocenters. The van der Waals surface area contributed by atoms with Crippen LogP contribution in [0.3, 0.4) is 0 Å². The molecule has 2 aromatic heterocycles. The van der Waals surface area contributed by atoms with Crippen LogP contribution in [0.4, 0.5) is 5.69 Å². The smallest absolute Gasteiger partial charge is 0.259 e. The SMILES string of the molecule is CN(Cc1ccccc1N1CCCC1)C(=O)CSCc1nc2sc3c(c2c(=O)[nH]1)CCC3. The molecule has 8 heteroatoms. The number of rotatable bonds is 7. The number of carbonyl (C=O) groups excluding carboxylic acids is 1. The van der Waals surface area contributed by atoms with Gasteiger partial charge in [-0.2, -0.15) is 0 Å². The third-order valence-corrected chi connectivity index (χ3v) is 8.47. The topological polar surface area (TPSA) is 69.3 Å². The number of thioether (sulfide) groups is 1. The summed E-state index contributed by atoms with van der Waals surface area (Å²) in [5.74, 6) is 1.63. The van der Waals surface area contributed by atoms with Crippen LogP contribution in [-0.2, 0) is 29.9 Å². The van der Waals surface area contributed by atoms with E-state index >= 15 is 0 Å². The molecule has 168 valence electrons. The molecule has 0 unspecified atom stereocenters. The van der Waals surface area contributed by atoms with Crippen molar-refractivity contribution < 1.29 is 4.79 Å². The minimum Gasteiger partial charge on any atom is -0.371 e. The first-order valence-electron chi connectivity index (χ1n) is 11.3. The van der Waals surface area contributed by atoms with Gasteiger partial charge >= 0.3 is 0 Å². The van der Waals surface area contributed by atoms with Crippen LogP contribution in [0.5, 0.6) is 0 Å². The standard InChI is InChI=1S/C24H28N4O2S2/c1-27(13-16-7-2-3-9-18(16)28-11-4-5-12-28)21(29)15-31-14-20-25-23(30)22-17-8-6-10-19(17)32-24(22)26-20/h2-3,7,9H,4-6,8,10-15H2,1H3,(H,25,26,30). The molecule has 5 rings (SSSR count). The van der Waals surface area contributed by atoms with E-state index < -0.39 is 0 Å². The van der Waals surface area contributed by atoms with Crippen molar-refractivity contribution in [2.45, 2.75) is 44.4 Å². The van der Waals surface area contributed by atoms with E-state index in [4.69, 9.17) is 0 Å². The Labute approximate surface area is 196 Å². The van der Waals surface area contributed by atoms with Crippen molar-refractivity contribution in [3.8, 4) is 0 Å². The Hall–Kier alpha value is -2.32. The highest BCUT2D eigenvalue weighted by Gasteiger charge is 2.21. The Morgan fingerprint density at radius 3 is 2.88 bits per heavy atom. The largest absolute Gasteiger partial charge is 0.371 e. The summed E-state index contributed by atoms with van der Waals surface area (Å²) >= 11 is 3.15. The molecule has 32 heavy (non-hydrogen) atoms. The third kappa shape index (κ3) is 4.30. The number of nitrogens with zero attached hydrogens (tertiary/aromatic N) is 3. The highest BCUT2D eigenvalue weighted by atomic mass is 32.2. The van der Waals surface area contributed by atoms with E-state index in [9.17, 15) is 9.59 Å². The summed E-state index contributed by atoms with van der Waals surface area (Å²) in [5, 5.41) is 0.781. The van der Waals surface area contributed by atoms with Gasteiger partial charge in [0.15, 0.2) is 0 Å². The zero-order valence-corrected chi connectivity index (χ0v) is 20.0. The van der Waals surface area contributed by atoms with Crippen LogP contribution >= 0.6 is 23.1 Å². The summed E-state index contributed by atoms with van der Waals surface area (Å²) in [6.07, 6.45) is 5.63. The predicted molar refractivity (Wildman–Crippen MR) is 133 cm³/mol. The molecule has 1 amide bonds. The van der Waals surface area contributed by atoms with E-state index in [-0.39, 0.29) is 11.5 Å². The minimum absolute atomic E-state index is 0.0352. The molecule has 0 saturated carbocycles. The Morgan fingerprint density at radius 2 is 2.03 bits per heavy atom. The van der Waals surface area contributed by atoms with Crippen LogP contribution in [0.1, 0.15) is 41.1 Å². The summed E-state index contributed by atoms with van der Waals surface area (Å²) < 4.78 is 0. The average molecular weight is 469 g/mol. The van der Waals surface area contributed by atoms with Crippen molar-refractivity contribution in [1.29, 1.82) is 0 Å². The number of aryl methyl sites for hydroxylation is 2. The lowest BCUT2D eigenvalue weighted by Gasteiger charge is -2.24. The second-order valence-electron chi connectivity index (χ2n) is 8.62. The first-order valence-corrected chi connectivity index (χ1v) is 13.3. The molecule has 1 aliphatic carbocycles. The van der Waals surface area contributed by atoms with Crippen molar-refractivity contribution in [2.75, 3.05) is 30.8 Å². The van der Waals surface area contributed by atoms with Crippen molar-refractivity contribution in [3.05, 3.63) is 56.4 Å². The summed E-state index contributed by atoms with van der Waals surface area (Å²) in [6, 6.07) is 8.39. The predicted octanol–water partition coefficient (Wildman–Crippen LogP) is 3.97. The first kappa shape index (κ1) is 21.5. The van der Waals surface area contributed by atoms with E-state index in [0.29, 0.717) is 23.9 Å². The van der Waals surface area contributed by atoms with E-state index in [1.165, 1.54) is 46.3 Å². The van der Waals surface area contributed by atoms with Gasteiger partial charge in [0.05, 0.1) is 16.9 Å². The van der Waals surface area contributed by atoms with Crippen LogP contribution in [0.25, 0.3) is 10.2 Å². The number of anilines is 1. The number of benzene rings is 1. The molecule has 1 aliphatic heterocycles. The van der Waals surface area contributed by atoms with E-state index in [1.54, 1.807) is 16.2 Å². The quantitative estimate of drug-likeness (QED) is 0.568. The van der Waals surface area contributed by atoms with Crippen molar-refractivity contribution in [3.63, 3.8) is 0 Å². The fourth-order valence-corrected chi connectivity index (χ4v) is 6.82. The molecule has 3 heterocycles. The molecule has 1 fully saturated rings. The van der Waals surface area contributed by atoms with Crippen molar-refractivity contribution >= 4 is 44.9 Å². The highest BCUT2D eigenvalue weighted by molar-refractivity contribution is 7.99. The summed E-state index contributed by atoms with van der Waals surface area (Å²) in [4.78, 5) is 39.3. The summed E-state index contributed by atoms with van der Waals surface area (Å²) in [7, 11) is 1.86. The number of thiophene rings is 1. The molecule has 0 spiro atoms. The van der Waals surface area contributed by atoms with Gasteiger partial charge in [-0.3, -0.25) is 9.59 Å². The van der Waals surface area contributed by atoms with Gasteiger partial charge < -0.3 is 14.8 Å². The van der Waals surface area contributed by atoms with Crippen LogP contribution in [-0.4, -0.2) is 46.7 Å². The number of aromatic amines is 1. The second-order valence-corrected chi connectivity index (χ2v) is 10.7. The molecular weight excluding hydrogens is 440 g/mol. The first-order chi connectivity index (χ1) is 15.6. The van der Waals surface area contributed by atoms with Crippen LogP contribution in [0.2, 0.25) is 0 Å². The van der Waals surface area contributed by atoms with Gasteiger partial charge in [-0.1, -0.05) is 18.2 Å². The number of nitrogens with one attached hydrogen (secondary N) is 1. The molecule has 1 N–H and O–H groups in total. The van der Waals surface area contributed by atoms with E-state index in [0.717, 1.165) is 42.6 Å². The number of aromatic nitrogens is 2. The second kappa shape index (κ2) is 9.27. The number of hydrogen-bond donors (Lipinski definition) is 1. The van der Waals surface area contributed by atoms with Gasteiger partial charge in [0.25, 0.3) is 5.56 Å². The molecule has 2 aliphatic rings. The number of H-pyrrole nitrogens is 1.